The van der Waals surface area contributed by atoms with Gasteiger partial charge in [0.1, 0.15) is 5.69 Å². The van der Waals surface area contributed by atoms with Crippen LogP contribution in [0.4, 0.5) is 11.4 Å². The molecule has 0 aliphatic carbocycles. The summed E-state index contributed by atoms with van der Waals surface area (Å²) in [6.07, 6.45) is 3.99. The van der Waals surface area contributed by atoms with Gasteiger partial charge in [0.05, 0.1) is 4.92 Å². The minimum absolute atomic E-state index is 0.145. The molecular formula is C14H20N4O3. The van der Waals surface area contributed by atoms with Crippen LogP contribution in [-0.4, -0.2) is 28.3 Å². The molecule has 1 aliphatic heterocycles. The smallest absolute Gasteiger partial charge is 0.294 e. The fraction of sp³-hybridized carbons (Fsp3) is 0.500. The molecule has 21 heavy (non-hydrogen) atoms. The van der Waals surface area contributed by atoms with Crippen molar-refractivity contribution in [3.05, 3.63) is 33.9 Å². The van der Waals surface area contributed by atoms with Crippen LogP contribution in [0.2, 0.25) is 0 Å². The number of carbonyl (C=O) groups is 1. The molecule has 0 spiro atoms. The van der Waals surface area contributed by atoms with Gasteiger partial charge in [-0.2, -0.15) is 0 Å². The Bertz CT molecular complexity index is 547. The number of hydrogen-bond acceptors (Lipinski definition) is 5. The van der Waals surface area contributed by atoms with Crippen LogP contribution in [0, 0.1) is 10.1 Å². The zero-order valence-electron chi connectivity index (χ0n) is 12.0. The number of rotatable bonds is 4. The fourth-order valence-electron chi connectivity index (χ4n) is 2.80. The van der Waals surface area contributed by atoms with Crippen LogP contribution >= 0.6 is 0 Å². The predicted molar refractivity (Wildman–Crippen MR) is 79.9 cm³/mol. The lowest BCUT2D eigenvalue weighted by molar-refractivity contribution is -0.384. The van der Waals surface area contributed by atoms with Gasteiger partial charge in [-0.05, 0) is 37.8 Å². The molecule has 0 aromatic heterocycles. The number of amides is 1. The summed E-state index contributed by atoms with van der Waals surface area (Å²) < 4.78 is 0. The van der Waals surface area contributed by atoms with Crippen LogP contribution in [0.1, 0.15) is 43.0 Å². The van der Waals surface area contributed by atoms with E-state index in [2.05, 4.69) is 12.3 Å². The molecule has 1 aliphatic rings. The molecule has 1 fully saturated rings. The summed E-state index contributed by atoms with van der Waals surface area (Å²) in [5.41, 5.74) is 2.62. The summed E-state index contributed by atoms with van der Waals surface area (Å²) in [5, 5.41) is 11.0. The Hall–Kier alpha value is -2.15. The van der Waals surface area contributed by atoms with Crippen molar-refractivity contribution in [1.29, 1.82) is 0 Å². The molecule has 0 saturated carbocycles. The van der Waals surface area contributed by atoms with Gasteiger partial charge in [-0.1, -0.05) is 6.92 Å². The number of nitrogens with zero attached hydrogens (tertiary/aromatic N) is 2. The zero-order valence-corrected chi connectivity index (χ0v) is 12.0. The number of carbonyl (C=O) groups excluding carboxylic acids is 1. The number of piperidine rings is 1. The maximum absolute atomic E-state index is 12.6. The van der Waals surface area contributed by atoms with Crippen LogP contribution in [0.25, 0.3) is 0 Å². The van der Waals surface area contributed by atoms with Crippen LogP contribution in [0.5, 0.6) is 0 Å². The average Bonchev–Trinajstić information content (AvgIpc) is 2.53. The maximum Gasteiger partial charge on any atom is 0.294 e. The van der Waals surface area contributed by atoms with Gasteiger partial charge in [0.25, 0.3) is 11.6 Å². The van der Waals surface area contributed by atoms with Crippen molar-refractivity contribution in [2.75, 3.05) is 12.0 Å². The van der Waals surface area contributed by atoms with Gasteiger partial charge in [0.15, 0.2) is 0 Å². The van der Waals surface area contributed by atoms with E-state index in [-0.39, 0.29) is 23.3 Å². The first kappa shape index (κ1) is 15.2. The second-order valence-electron chi connectivity index (χ2n) is 5.19. The lowest BCUT2D eigenvalue weighted by Gasteiger charge is -2.35. The van der Waals surface area contributed by atoms with Crippen LogP contribution < -0.4 is 11.3 Å². The number of nitro groups is 1. The molecule has 1 heterocycles. The molecule has 1 atom stereocenters. The first-order valence-corrected chi connectivity index (χ1v) is 7.14. The molecule has 0 bridgehead atoms. The molecule has 114 valence electrons. The van der Waals surface area contributed by atoms with Crippen LogP contribution in [0.15, 0.2) is 18.2 Å². The Morgan fingerprint density at radius 3 is 2.90 bits per heavy atom. The standard InChI is InChI=1S/C14H20N4O3/c1-2-11-5-3-4-8-17(11)14(19)10-6-7-12(16-15)13(9-10)18(20)21/h6-7,9,11,16H,2-5,8,15H2,1H3. The molecule has 0 radical (unpaired) electrons. The lowest BCUT2D eigenvalue weighted by Crippen LogP contribution is -2.43. The first-order chi connectivity index (χ1) is 10.1. The third-order valence-electron chi connectivity index (χ3n) is 3.96. The minimum atomic E-state index is -0.542. The fourth-order valence-corrected chi connectivity index (χ4v) is 2.80. The van der Waals surface area contributed by atoms with Gasteiger partial charge in [-0.25, -0.2) is 0 Å². The average molecular weight is 292 g/mol. The summed E-state index contributed by atoms with van der Waals surface area (Å²) >= 11 is 0. The molecule has 7 nitrogen and oxygen atoms in total. The normalized spacial score (nSPS) is 18.4. The van der Waals surface area contributed by atoms with Gasteiger partial charge in [0.2, 0.25) is 0 Å². The SMILES string of the molecule is CCC1CCCCN1C(=O)c1ccc(NN)c([N+](=O)[O-])c1. The third kappa shape index (κ3) is 3.13. The largest absolute Gasteiger partial charge is 0.336 e. The van der Waals surface area contributed by atoms with Crippen molar-refractivity contribution in [3.63, 3.8) is 0 Å². The second kappa shape index (κ2) is 6.53. The Morgan fingerprint density at radius 1 is 1.52 bits per heavy atom. The van der Waals surface area contributed by atoms with Gasteiger partial charge in [-0.15, -0.1) is 0 Å². The highest BCUT2D eigenvalue weighted by Gasteiger charge is 2.27. The molecule has 1 aromatic rings. The molecule has 1 amide bonds. The number of likely N-dealkylation sites (tertiary alicyclic amines) is 1. The third-order valence-corrected chi connectivity index (χ3v) is 3.96. The molecule has 7 heteroatoms. The highest BCUT2D eigenvalue weighted by Crippen LogP contribution is 2.27. The molecule has 2 rings (SSSR count). The Labute approximate surface area is 123 Å². The van der Waals surface area contributed by atoms with Crippen LogP contribution in [0.3, 0.4) is 0 Å². The number of nitrogen functional groups attached to an aromatic ring is 1. The lowest BCUT2D eigenvalue weighted by atomic mass is 9.98. The maximum atomic E-state index is 12.6. The first-order valence-electron chi connectivity index (χ1n) is 7.14. The van der Waals surface area contributed by atoms with Gasteiger partial charge < -0.3 is 10.3 Å². The number of nitrogens with two attached hydrogens (primary N) is 1. The molecular weight excluding hydrogens is 272 g/mol. The molecule has 1 aromatic carbocycles. The summed E-state index contributed by atoms with van der Waals surface area (Å²) in [6, 6.07) is 4.55. The number of anilines is 1. The summed E-state index contributed by atoms with van der Waals surface area (Å²) in [5.74, 6) is 5.11. The van der Waals surface area contributed by atoms with Gasteiger partial charge in [-0.3, -0.25) is 20.8 Å². The summed E-state index contributed by atoms with van der Waals surface area (Å²) in [6.45, 7) is 2.77. The number of benzene rings is 1. The summed E-state index contributed by atoms with van der Waals surface area (Å²) in [4.78, 5) is 24.9. The van der Waals surface area contributed by atoms with Crippen molar-refractivity contribution in [3.8, 4) is 0 Å². The van der Waals surface area contributed by atoms with Crippen molar-refractivity contribution in [2.24, 2.45) is 5.84 Å². The number of nitro benzene ring substituents is 1. The highest BCUT2D eigenvalue weighted by molar-refractivity contribution is 5.96. The number of hydrazine groups is 1. The Kier molecular flexibility index (Phi) is 4.74. The predicted octanol–water partition coefficient (Wildman–Crippen LogP) is 2.29. The van der Waals surface area contributed by atoms with Crippen LogP contribution in [-0.2, 0) is 0 Å². The topological polar surface area (TPSA) is 102 Å². The minimum Gasteiger partial charge on any atom is -0.336 e. The van der Waals surface area contributed by atoms with Crippen molar-refractivity contribution < 1.29 is 9.72 Å². The Morgan fingerprint density at radius 2 is 2.29 bits per heavy atom. The van der Waals surface area contributed by atoms with Crippen molar-refractivity contribution in [2.45, 2.75) is 38.6 Å². The zero-order chi connectivity index (χ0) is 15.4. The van der Waals surface area contributed by atoms with E-state index in [0.29, 0.717) is 12.1 Å². The van der Waals surface area contributed by atoms with Crippen molar-refractivity contribution >= 4 is 17.3 Å². The summed E-state index contributed by atoms with van der Waals surface area (Å²) in [7, 11) is 0. The highest BCUT2D eigenvalue weighted by atomic mass is 16.6. The van der Waals surface area contributed by atoms with Gasteiger partial charge in [0, 0.05) is 24.2 Å². The van der Waals surface area contributed by atoms with E-state index in [1.54, 1.807) is 6.07 Å². The quantitative estimate of drug-likeness (QED) is 0.503. The number of hydrogen-bond donors (Lipinski definition) is 2. The van der Waals surface area contributed by atoms with E-state index in [9.17, 15) is 14.9 Å². The van der Waals surface area contributed by atoms with Gasteiger partial charge >= 0.3 is 0 Å². The van der Waals surface area contributed by atoms with E-state index >= 15 is 0 Å². The molecule has 1 saturated heterocycles. The van der Waals surface area contributed by atoms with Crippen molar-refractivity contribution in [1.82, 2.24) is 4.90 Å². The molecule has 1 unspecified atom stereocenters. The Balaban J connectivity index is 2.30. The van der Waals surface area contributed by atoms with E-state index < -0.39 is 4.92 Å². The molecule has 3 N–H and O–H groups in total. The monoisotopic (exact) mass is 292 g/mol. The number of nitrogens with one attached hydrogen (secondary N) is 1. The van der Waals surface area contributed by atoms with E-state index in [4.69, 9.17) is 5.84 Å². The van der Waals surface area contributed by atoms with E-state index in [0.717, 1.165) is 25.7 Å². The second-order valence-corrected chi connectivity index (χ2v) is 5.19. The van der Waals surface area contributed by atoms with E-state index in [1.807, 2.05) is 4.90 Å². The van der Waals surface area contributed by atoms with E-state index in [1.165, 1.54) is 12.1 Å².